The summed E-state index contributed by atoms with van der Waals surface area (Å²) in [5, 5.41) is 0. The highest BCUT2D eigenvalue weighted by Gasteiger charge is 2.44. The zero-order valence-corrected chi connectivity index (χ0v) is 21.2. The van der Waals surface area contributed by atoms with Crippen LogP contribution in [0.15, 0.2) is 12.1 Å². The van der Waals surface area contributed by atoms with Gasteiger partial charge in [0.1, 0.15) is 0 Å². The third-order valence-corrected chi connectivity index (χ3v) is 9.33. The van der Waals surface area contributed by atoms with Crippen LogP contribution in [0.5, 0.6) is 5.75 Å². The highest BCUT2D eigenvalue weighted by Crippen LogP contribution is 2.50. The number of rotatable bonds is 7. The summed E-state index contributed by atoms with van der Waals surface area (Å²) in [4.78, 5) is 13.0. The molecule has 0 aliphatic heterocycles. The number of hydrogen-bond donors (Lipinski definition) is 0. The predicted molar refractivity (Wildman–Crippen MR) is 128 cm³/mol. The minimum Gasteiger partial charge on any atom is -0.423 e. The average molecular weight is 515 g/mol. The number of carbonyl (C=O) groups is 1. The number of fused-ring (bicyclic) bond motifs is 1. The van der Waals surface area contributed by atoms with E-state index in [4.69, 9.17) is 4.74 Å². The first-order valence-corrected chi connectivity index (χ1v) is 14.0. The molecule has 1 aromatic rings. The minimum atomic E-state index is -5.02. The first-order valence-electron chi connectivity index (χ1n) is 14.0. The van der Waals surface area contributed by atoms with Gasteiger partial charge in [0, 0.05) is 0 Å². The lowest BCUT2D eigenvalue weighted by Gasteiger charge is -2.46. The van der Waals surface area contributed by atoms with Crippen molar-refractivity contribution >= 4 is 5.97 Å². The third-order valence-electron chi connectivity index (χ3n) is 9.33. The molecule has 3 aliphatic rings. The van der Waals surface area contributed by atoms with E-state index < -0.39 is 41.0 Å². The fourth-order valence-electron chi connectivity index (χ4n) is 7.37. The molecule has 202 valence electrons. The molecule has 36 heavy (non-hydrogen) atoms. The molecule has 0 aromatic heterocycles. The standard InChI is InChI=1S/C29H39F5O2/c1-2-3-4-6-18-9-11-19(12-10-18)20-13-14-22-21(17-20)7-5-8-23(22)28(35)36-25-16-15-24(29(32,33)34)26(30)27(25)31/h15-16,18-23H,2-14,17H2,1H3. The van der Waals surface area contributed by atoms with Crippen molar-refractivity contribution in [2.75, 3.05) is 0 Å². The summed E-state index contributed by atoms with van der Waals surface area (Å²) in [5.41, 5.74) is -1.70. The van der Waals surface area contributed by atoms with Crippen LogP contribution in [0.2, 0.25) is 0 Å². The fraction of sp³-hybridized carbons (Fsp3) is 0.759. The molecule has 0 amide bonds. The van der Waals surface area contributed by atoms with E-state index >= 15 is 0 Å². The summed E-state index contributed by atoms with van der Waals surface area (Å²) < 4.78 is 71.9. The van der Waals surface area contributed by atoms with Crippen molar-refractivity contribution in [1.29, 1.82) is 0 Å². The molecule has 0 heterocycles. The van der Waals surface area contributed by atoms with Crippen LogP contribution >= 0.6 is 0 Å². The molecule has 4 atom stereocenters. The summed E-state index contributed by atoms with van der Waals surface area (Å²) in [6.45, 7) is 2.25. The first-order chi connectivity index (χ1) is 17.2. The lowest BCUT2D eigenvalue weighted by molar-refractivity contribution is -0.144. The highest BCUT2D eigenvalue weighted by molar-refractivity contribution is 5.75. The molecule has 0 saturated heterocycles. The number of carbonyl (C=O) groups excluding carboxylic acids is 1. The molecular formula is C29H39F5O2. The Morgan fingerprint density at radius 1 is 0.889 bits per heavy atom. The Bertz CT molecular complexity index is 890. The topological polar surface area (TPSA) is 26.3 Å². The molecule has 4 unspecified atom stereocenters. The molecule has 3 fully saturated rings. The summed E-state index contributed by atoms with van der Waals surface area (Å²) in [7, 11) is 0. The smallest absolute Gasteiger partial charge is 0.419 e. The number of halogens is 5. The van der Waals surface area contributed by atoms with E-state index in [1.54, 1.807) is 0 Å². The second-order valence-electron chi connectivity index (χ2n) is 11.5. The van der Waals surface area contributed by atoms with Crippen LogP contribution in [0, 0.1) is 47.1 Å². The minimum absolute atomic E-state index is 0.148. The van der Waals surface area contributed by atoms with Crippen molar-refractivity contribution in [3.8, 4) is 5.75 Å². The third kappa shape index (κ3) is 6.24. The molecule has 3 saturated carbocycles. The fourth-order valence-corrected chi connectivity index (χ4v) is 7.37. The Labute approximate surface area is 211 Å². The van der Waals surface area contributed by atoms with E-state index in [1.165, 1.54) is 51.4 Å². The van der Waals surface area contributed by atoms with Gasteiger partial charge in [0.25, 0.3) is 0 Å². The van der Waals surface area contributed by atoms with Gasteiger partial charge in [-0.2, -0.15) is 17.6 Å². The van der Waals surface area contributed by atoms with Crippen LogP contribution in [-0.2, 0) is 11.0 Å². The lowest BCUT2D eigenvalue weighted by Crippen LogP contribution is -2.40. The lowest BCUT2D eigenvalue weighted by atomic mass is 9.59. The van der Waals surface area contributed by atoms with Crippen molar-refractivity contribution in [3.63, 3.8) is 0 Å². The molecule has 0 radical (unpaired) electrons. The van der Waals surface area contributed by atoms with Gasteiger partial charge in [-0.15, -0.1) is 0 Å². The van der Waals surface area contributed by atoms with Gasteiger partial charge >= 0.3 is 12.1 Å². The van der Waals surface area contributed by atoms with Crippen LogP contribution < -0.4 is 4.74 Å². The van der Waals surface area contributed by atoms with Crippen molar-refractivity contribution in [2.24, 2.45) is 35.5 Å². The maximum atomic E-state index is 14.3. The molecular weight excluding hydrogens is 475 g/mol. The molecule has 0 bridgehead atoms. The number of benzene rings is 1. The number of esters is 1. The zero-order valence-electron chi connectivity index (χ0n) is 21.2. The SMILES string of the molecule is CCCCCC1CCC(C2CCC3C(CCCC3C(=O)Oc3ccc(C(F)(F)F)c(F)c3F)C2)CC1. The van der Waals surface area contributed by atoms with E-state index in [9.17, 15) is 26.7 Å². The number of ether oxygens (including phenoxy) is 1. The first kappa shape index (κ1) is 27.4. The Morgan fingerprint density at radius 3 is 2.31 bits per heavy atom. The van der Waals surface area contributed by atoms with E-state index in [0.717, 1.165) is 43.9 Å². The van der Waals surface area contributed by atoms with E-state index in [1.807, 2.05) is 0 Å². The highest BCUT2D eigenvalue weighted by atomic mass is 19.4. The van der Waals surface area contributed by atoms with Crippen LogP contribution in [0.4, 0.5) is 22.0 Å². The molecule has 1 aromatic carbocycles. The molecule has 0 N–H and O–H groups in total. The normalized spacial score (nSPS) is 31.1. The Hall–Kier alpha value is -1.66. The number of unbranched alkanes of at least 4 members (excludes halogenated alkanes) is 2. The summed E-state index contributed by atoms with van der Waals surface area (Å²) in [6.07, 6.45) is 11.3. The van der Waals surface area contributed by atoms with Crippen LogP contribution in [0.1, 0.15) is 102 Å². The Balaban J connectivity index is 1.33. The monoisotopic (exact) mass is 514 g/mol. The van der Waals surface area contributed by atoms with Gasteiger partial charge in [-0.25, -0.2) is 4.39 Å². The second-order valence-corrected chi connectivity index (χ2v) is 11.5. The van der Waals surface area contributed by atoms with Crippen molar-refractivity contribution in [1.82, 2.24) is 0 Å². The van der Waals surface area contributed by atoms with Gasteiger partial charge in [0.2, 0.25) is 5.82 Å². The molecule has 2 nitrogen and oxygen atoms in total. The molecule has 7 heteroatoms. The zero-order chi connectivity index (χ0) is 25.9. The maximum absolute atomic E-state index is 14.3. The van der Waals surface area contributed by atoms with Gasteiger partial charge in [0.15, 0.2) is 11.6 Å². The van der Waals surface area contributed by atoms with Gasteiger partial charge in [-0.3, -0.25) is 4.79 Å². The molecule has 4 rings (SSSR count). The average Bonchev–Trinajstić information content (AvgIpc) is 2.86. The second kappa shape index (κ2) is 11.8. The molecule has 0 spiro atoms. The number of hydrogen-bond acceptors (Lipinski definition) is 2. The van der Waals surface area contributed by atoms with Crippen molar-refractivity contribution < 1.29 is 31.5 Å². The van der Waals surface area contributed by atoms with Crippen molar-refractivity contribution in [3.05, 3.63) is 29.3 Å². The van der Waals surface area contributed by atoms with E-state index in [-0.39, 0.29) is 5.92 Å². The van der Waals surface area contributed by atoms with E-state index in [0.29, 0.717) is 30.4 Å². The van der Waals surface area contributed by atoms with Gasteiger partial charge < -0.3 is 4.74 Å². The van der Waals surface area contributed by atoms with Crippen molar-refractivity contribution in [2.45, 2.75) is 103 Å². The summed E-state index contributed by atoms with van der Waals surface area (Å²) in [5.74, 6) is -2.71. The van der Waals surface area contributed by atoms with Crippen LogP contribution in [-0.4, -0.2) is 5.97 Å². The Kier molecular flexibility index (Phi) is 8.98. The van der Waals surface area contributed by atoms with Crippen LogP contribution in [0.3, 0.4) is 0 Å². The predicted octanol–water partition coefficient (Wildman–Crippen LogP) is 9.11. The maximum Gasteiger partial charge on any atom is 0.419 e. The van der Waals surface area contributed by atoms with E-state index in [2.05, 4.69) is 6.92 Å². The van der Waals surface area contributed by atoms with Gasteiger partial charge in [-0.1, -0.05) is 58.3 Å². The Morgan fingerprint density at radius 2 is 1.61 bits per heavy atom. The largest absolute Gasteiger partial charge is 0.423 e. The summed E-state index contributed by atoms with van der Waals surface area (Å²) >= 11 is 0. The number of alkyl halides is 3. The molecule has 3 aliphatic carbocycles. The summed E-state index contributed by atoms with van der Waals surface area (Å²) in [6, 6.07) is 1.13. The quantitative estimate of drug-likeness (QED) is 0.157. The van der Waals surface area contributed by atoms with Crippen LogP contribution in [0.25, 0.3) is 0 Å². The van der Waals surface area contributed by atoms with Gasteiger partial charge in [-0.05, 0) is 80.2 Å². The van der Waals surface area contributed by atoms with Gasteiger partial charge in [0.05, 0.1) is 11.5 Å².